The van der Waals surface area contributed by atoms with Crippen LogP contribution in [0.25, 0.3) is 0 Å². The van der Waals surface area contributed by atoms with Crippen LogP contribution in [0.5, 0.6) is 0 Å². The van der Waals surface area contributed by atoms with E-state index in [4.69, 9.17) is 26.7 Å². The topological polar surface area (TPSA) is 189 Å². The van der Waals surface area contributed by atoms with Crippen molar-refractivity contribution in [1.82, 2.24) is 10.2 Å². The number of rotatable bonds is 9. The van der Waals surface area contributed by atoms with E-state index < -0.39 is 35.0 Å². The maximum Gasteiger partial charge on any atom is 0.419 e. The molecule has 0 spiro atoms. The SMILES string of the molecule is CC(C)(C)OC(=O)N(CCCCNCCCN)C(=O)OC(C)(C)C.CC(N)(N)C(N)=O. The number of nitrogens with zero attached hydrogens (tertiary/aromatic N) is 1. The van der Waals surface area contributed by atoms with Gasteiger partial charge in [0, 0.05) is 6.54 Å². The van der Waals surface area contributed by atoms with Gasteiger partial charge in [-0.05, 0) is 87.4 Å². The fourth-order valence-electron chi connectivity index (χ4n) is 1.76. The van der Waals surface area contributed by atoms with Crippen LogP contribution in [0.2, 0.25) is 0 Å². The second-order valence-corrected chi connectivity index (χ2v) is 9.36. The van der Waals surface area contributed by atoms with Gasteiger partial charge >= 0.3 is 12.2 Å². The molecule has 0 aliphatic heterocycles. The molecule has 3 amide bonds. The first kappa shape index (κ1) is 31.2. The maximum absolute atomic E-state index is 12.3. The zero-order valence-electron chi connectivity index (χ0n) is 20.2. The Hall–Kier alpha value is -1.95. The summed E-state index contributed by atoms with van der Waals surface area (Å²) in [7, 11) is 0. The lowest BCUT2D eigenvalue weighted by Crippen LogP contribution is -2.56. The van der Waals surface area contributed by atoms with Gasteiger partial charge in [-0.2, -0.15) is 0 Å². The van der Waals surface area contributed by atoms with Crippen LogP contribution in [0.1, 0.15) is 67.7 Å². The molecule has 0 bridgehead atoms. The monoisotopic (exact) mass is 448 g/mol. The summed E-state index contributed by atoms with van der Waals surface area (Å²) in [4.78, 5) is 35.6. The molecule has 0 aromatic rings. The first-order valence-corrected chi connectivity index (χ1v) is 10.4. The van der Waals surface area contributed by atoms with E-state index in [-0.39, 0.29) is 6.54 Å². The van der Waals surface area contributed by atoms with Crippen LogP contribution in [-0.2, 0) is 14.3 Å². The Balaban J connectivity index is 0. The highest BCUT2D eigenvalue weighted by Gasteiger charge is 2.30. The van der Waals surface area contributed by atoms with Gasteiger partial charge in [0.2, 0.25) is 0 Å². The minimum Gasteiger partial charge on any atom is -0.443 e. The number of hydrogen-bond acceptors (Lipinski definition) is 9. The summed E-state index contributed by atoms with van der Waals surface area (Å²) < 4.78 is 10.6. The van der Waals surface area contributed by atoms with Gasteiger partial charge in [-0.15, -0.1) is 0 Å². The van der Waals surface area contributed by atoms with Crippen LogP contribution in [0.15, 0.2) is 0 Å². The van der Waals surface area contributed by atoms with Crippen LogP contribution in [-0.4, -0.2) is 66.0 Å². The molecular formula is C20H44N6O5. The summed E-state index contributed by atoms with van der Waals surface area (Å²) in [6.07, 6.45) is 1.10. The standard InChI is InChI=1S/C17H35N3O4.C3H9N3O/c1-16(2,3)23-14(21)20(15(22)24-17(4,5)6)13-8-7-11-19-12-9-10-18;1-3(5,6)2(4)7/h19H,7-13,18H2,1-6H3;5-6H2,1H3,(H2,4,7). The van der Waals surface area contributed by atoms with Crippen molar-refractivity contribution >= 4 is 18.1 Å². The smallest absolute Gasteiger partial charge is 0.419 e. The third-order valence-corrected chi connectivity index (χ3v) is 3.30. The van der Waals surface area contributed by atoms with E-state index in [1.165, 1.54) is 6.92 Å². The van der Waals surface area contributed by atoms with E-state index in [2.05, 4.69) is 11.1 Å². The summed E-state index contributed by atoms with van der Waals surface area (Å²) >= 11 is 0. The number of carbonyl (C=O) groups excluding carboxylic acids is 3. The Kier molecular flexibility index (Phi) is 14.3. The van der Waals surface area contributed by atoms with Crippen LogP contribution in [0, 0.1) is 0 Å². The number of nitrogens with two attached hydrogens (primary N) is 4. The average molecular weight is 449 g/mol. The number of carbonyl (C=O) groups is 3. The predicted octanol–water partition coefficient (Wildman–Crippen LogP) is 0.983. The summed E-state index contributed by atoms with van der Waals surface area (Å²) in [5.74, 6) is -0.701. The first-order valence-electron chi connectivity index (χ1n) is 10.4. The summed E-state index contributed by atoms with van der Waals surface area (Å²) in [6, 6.07) is 0. The quantitative estimate of drug-likeness (QED) is 0.253. The van der Waals surface area contributed by atoms with Gasteiger partial charge in [0.05, 0.1) is 0 Å². The molecule has 11 heteroatoms. The minimum absolute atomic E-state index is 0.266. The van der Waals surface area contributed by atoms with Gasteiger partial charge in [-0.1, -0.05) is 0 Å². The Labute approximate surface area is 186 Å². The largest absolute Gasteiger partial charge is 0.443 e. The summed E-state index contributed by atoms with van der Waals surface area (Å²) in [5.41, 5.74) is 17.4. The lowest BCUT2D eigenvalue weighted by molar-refractivity contribution is -0.122. The van der Waals surface area contributed by atoms with Crippen LogP contribution >= 0.6 is 0 Å². The molecule has 184 valence electrons. The number of unbranched alkanes of at least 4 members (excludes halogenated alkanes) is 1. The fourth-order valence-corrected chi connectivity index (χ4v) is 1.76. The zero-order chi connectivity index (χ0) is 24.9. The van der Waals surface area contributed by atoms with E-state index in [1.54, 1.807) is 41.5 Å². The van der Waals surface area contributed by atoms with Crippen molar-refractivity contribution in [2.75, 3.05) is 26.2 Å². The molecule has 0 aliphatic carbocycles. The van der Waals surface area contributed by atoms with Crippen molar-refractivity contribution < 1.29 is 23.9 Å². The van der Waals surface area contributed by atoms with Crippen LogP contribution in [0.3, 0.4) is 0 Å². The lowest BCUT2D eigenvalue weighted by atomic mass is 10.2. The molecule has 31 heavy (non-hydrogen) atoms. The summed E-state index contributed by atoms with van der Waals surface area (Å²) in [5, 5.41) is 3.26. The number of amides is 3. The molecule has 9 N–H and O–H groups in total. The van der Waals surface area contributed by atoms with Gasteiger partial charge in [-0.3, -0.25) is 4.79 Å². The number of hydrogen-bond donors (Lipinski definition) is 5. The molecule has 0 fully saturated rings. The number of ether oxygens (including phenoxy) is 2. The Morgan fingerprint density at radius 1 is 0.806 bits per heavy atom. The summed E-state index contributed by atoms with van der Waals surface area (Å²) in [6.45, 7) is 14.5. The molecule has 11 nitrogen and oxygen atoms in total. The second-order valence-electron chi connectivity index (χ2n) is 9.36. The van der Waals surface area contributed by atoms with Crippen molar-refractivity contribution in [3.8, 4) is 0 Å². The first-order chi connectivity index (χ1) is 13.9. The maximum atomic E-state index is 12.3. The van der Waals surface area contributed by atoms with Gasteiger partial charge in [0.15, 0.2) is 0 Å². The number of imide groups is 1. The van der Waals surface area contributed by atoms with Crippen LogP contribution in [0.4, 0.5) is 9.59 Å². The van der Waals surface area contributed by atoms with Crippen molar-refractivity contribution in [2.24, 2.45) is 22.9 Å². The molecule has 0 rings (SSSR count). The fraction of sp³-hybridized carbons (Fsp3) is 0.850. The van der Waals surface area contributed by atoms with Crippen LogP contribution < -0.4 is 28.3 Å². The minimum atomic E-state index is -1.36. The molecular weight excluding hydrogens is 404 g/mol. The van der Waals surface area contributed by atoms with Crippen molar-refractivity contribution in [3.63, 3.8) is 0 Å². The predicted molar refractivity (Wildman–Crippen MR) is 121 cm³/mol. The third-order valence-electron chi connectivity index (χ3n) is 3.30. The van der Waals surface area contributed by atoms with Crippen molar-refractivity contribution in [3.05, 3.63) is 0 Å². The lowest BCUT2D eigenvalue weighted by Gasteiger charge is -2.28. The molecule has 0 aromatic carbocycles. The van der Waals surface area contributed by atoms with Gasteiger partial charge < -0.3 is 37.7 Å². The molecule has 0 saturated heterocycles. The molecule has 0 unspecified atom stereocenters. The van der Waals surface area contributed by atoms with E-state index >= 15 is 0 Å². The molecule has 0 atom stereocenters. The molecule has 0 radical (unpaired) electrons. The Bertz CT molecular complexity index is 522. The third kappa shape index (κ3) is 19.7. The van der Waals surface area contributed by atoms with Gasteiger partial charge in [0.25, 0.3) is 5.91 Å². The Morgan fingerprint density at radius 3 is 1.52 bits per heavy atom. The highest BCUT2D eigenvalue weighted by atomic mass is 16.6. The van der Waals surface area contributed by atoms with E-state index in [1.807, 2.05) is 0 Å². The highest BCUT2D eigenvalue weighted by molar-refractivity contribution is 5.88. The molecule has 0 saturated carbocycles. The molecule has 0 heterocycles. The van der Waals surface area contributed by atoms with Crippen molar-refractivity contribution in [1.29, 1.82) is 0 Å². The molecule has 0 aliphatic rings. The van der Waals surface area contributed by atoms with Gasteiger partial charge in [-0.25, -0.2) is 14.5 Å². The van der Waals surface area contributed by atoms with E-state index in [0.29, 0.717) is 13.0 Å². The Morgan fingerprint density at radius 2 is 1.19 bits per heavy atom. The average Bonchev–Trinajstić information content (AvgIpc) is 2.53. The highest BCUT2D eigenvalue weighted by Crippen LogP contribution is 2.15. The molecule has 0 aromatic heterocycles. The zero-order valence-corrected chi connectivity index (χ0v) is 20.2. The number of nitrogens with one attached hydrogen (secondary N) is 1. The van der Waals surface area contributed by atoms with E-state index in [9.17, 15) is 14.4 Å². The van der Waals surface area contributed by atoms with Crippen molar-refractivity contribution in [2.45, 2.75) is 84.6 Å². The van der Waals surface area contributed by atoms with Gasteiger partial charge in [0.1, 0.15) is 16.9 Å². The normalized spacial score (nSPS) is 11.8. The number of primary amides is 1. The second kappa shape index (κ2) is 14.2. The van der Waals surface area contributed by atoms with E-state index in [0.717, 1.165) is 30.8 Å².